The van der Waals surface area contributed by atoms with Gasteiger partial charge in [-0.05, 0) is 30.2 Å². The number of hydrogen-bond acceptors (Lipinski definition) is 6. The van der Waals surface area contributed by atoms with Crippen LogP contribution >= 0.6 is 11.8 Å². The van der Waals surface area contributed by atoms with Gasteiger partial charge in [-0.1, -0.05) is 6.07 Å². The zero-order chi connectivity index (χ0) is 20.0. The van der Waals surface area contributed by atoms with Crippen molar-refractivity contribution in [2.45, 2.75) is 17.8 Å². The van der Waals surface area contributed by atoms with Crippen LogP contribution in [0.5, 0.6) is 5.75 Å². The fraction of sp³-hybridized carbons (Fsp3) is 0.316. The van der Waals surface area contributed by atoms with E-state index in [2.05, 4.69) is 0 Å². The highest BCUT2D eigenvalue weighted by Gasteiger charge is 2.51. The van der Waals surface area contributed by atoms with Crippen LogP contribution in [0.3, 0.4) is 0 Å². The number of thioether (sulfide) groups is 1. The second kappa shape index (κ2) is 6.99. The Morgan fingerprint density at radius 2 is 2.18 bits per heavy atom. The van der Waals surface area contributed by atoms with Crippen molar-refractivity contribution in [3.8, 4) is 5.75 Å². The summed E-state index contributed by atoms with van der Waals surface area (Å²) < 4.78 is 5.21. The Morgan fingerprint density at radius 3 is 2.89 bits per heavy atom. The van der Waals surface area contributed by atoms with Crippen molar-refractivity contribution in [1.82, 2.24) is 4.90 Å². The van der Waals surface area contributed by atoms with Gasteiger partial charge in [0, 0.05) is 29.6 Å². The van der Waals surface area contributed by atoms with Gasteiger partial charge in [0.1, 0.15) is 22.9 Å². The molecule has 0 bridgehead atoms. The first-order chi connectivity index (χ1) is 13.4. The van der Waals surface area contributed by atoms with Gasteiger partial charge in [-0.25, -0.2) is 4.79 Å². The average molecular weight is 401 g/mol. The second-order valence-corrected chi connectivity index (χ2v) is 7.80. The number of hydrogen-bond donors (Lipinski definition) is 2. The first-order valence-electron chi connectivity index (χ1n) is 8.75. The van der Waals surface area contributed by atoms with E-state index >= 15 is 0 Å². The molecular weight excluding hydrogens is 382 g/mol. The first kappa shape index (κ1) is 18.6. The highest BCUT2D eigenvalue weighted by molar-refractivity contribution is 8.00. The summed E-state index contributed by atoms with van der Waals surface area (Å²) in [4.78, 5) is 39.6. The molecule has 2 saturated heterocycles. The minimum Gasteiger partial charge on any atom is -0.497 e. The summed E-state index contributed by atoms with van der Waals surface area (Å²) in [5.41, 5.74) is 7.40. The molecule has 146 valence electrons. The van der Waals surface area contributed by atoms with Crippen molar-refractivity contribution in [3.63, 3.8) is 0 Å². The summed E-state index contributed by atoms with van der Waals surface area (Å²) in [6, 6.07) is 6.54. The van der Waals surface area contributed by atoms with E-state index in [0.29, 0.717) is 35.6 Å². The molecule has 1 aromatic carbocycles. The summed E-state index contributed by atoms with van der Waals surface area (Å²) in [5, 5.41) is 9.27. The van der Waals surface area contributed by atoms with Gasteiger partial charge in [0.2, 0.25) is 5.91 Å². The number of rotatable bonds is 4. The van der Waals surface area contributed by atoms with E-state index in [-0.39, 0.29) is 17.0 Å². The van der Waals surface area contributed by atoms with Gasteiger partial charge in [0.15, 0.2) is 0 Å². The maximum absolute atomic E-state index is 12.9. The number of benzene rings is 1. The van der Waals surface area contributed by atoms with Crippen LogP contribution in [-0.2, 0) is 14.4 Å². The van der Waals surface area contributed by atoms with E-state index in [9.17, 15) is 19.5 Å². The van der Waals surface area contributed by atoms with Crippen molar-refractivity contribution < 1.29 is 24.2 Å². The zero-order valence-corrected chi connectivity index (χ0v) is 15.9. The lowest BCUT2D eigenvalue weighted by Gasteiger charge is -2.47. The summed E-state index contributed by atoms with van der Waals surface area (Å²) in [7, 11) is 1.56. The molecule has 3 aliphatic heterocycles. The lowest BCUT2D eigenvalue weighted by atomic mass is 10.0. The van der Waals surface area contributed by atoms with E-state index in [4.69, 9.17) is 10.5 Å². The van der Waals surface area contributed by atoms with Crippen LogP contribution in [0.4, 0.5) is 5.69 Å². The van der Waals surface area contributed by atoms with E-state index in [0.717, 1.165) is 5.69 Å². The number of nitrogens with two attached hydrogens (primary N) is 1. The van der Waals surface area contributed by atoms with Crippen molar-refractivity contribution in [2.75, 3.05) is 24.3 Å². The number of β-lactam (4-membered cyclic amide) rings is 1. The van der Waals surface area contributed by atoms with Crippen molar-refractivity contribution in [1.29, 1.82) is 0 Å². The predicted octanol–water partition coefficient (Wildman–Crippen LogP) is 0.939. The average Bonchev–Trinajstić information content (AvgIpc) is 3.07. The van der Waals surface area contributed by atoms with E-state index in [1.165, 1.54) is 16.7 Å². The monoisotopic (exact) mass is 401 g/mol. The Bertz CT molecular complexity index is 941. The summed E-state index contributed by atoms with van der Waals surface area (Å²) in [5.74, 6) is -0.723. The Labute approximate surface area is 165 Å². The second-order valence-electron chi connectivity index (χ2n) is 6.69. The molecule has 0 unspecified atom stereocenters. The van der Waals surface area contributed by atoms with Crippen LogP contribution < -0.4 is 15.4 Å². The van der Waals surface area contributed by atoms with Gasteiger partial charge < -0.3 is 20.5 Å². The number of nitrogens with zero attached hydrogens (tertiary/aromatic N) is 2. The summed E-state index contributed by atoms with van der Waals surface area (Å²) in [6.45, 7) is 0.497. The van der Waals surface area contributed by atoms with Gasteiger partial charge in [0.05, 0.1) is 7.11 Å². The number of allylic oxidation sites excluding steroid dienone is 1. The molecule has 1 aromatic rings. The van der Waals surface area contributed by atoms with Crippen molar-refractivity contribution in [3.05, 3.63) is 47.2 Å². The van der Waals surface area contributed by atoms with Gasteiger partial charge in [-0.2, -0.15) is 0 Å². The van der Waals surface area contributed by atoms with Crippen molar-refractivity contribution >= 4 is 35.2 Å². The zero-order valence-electron chi connectivity index (χ0n) is 15.1. The number of carboxylic acids is 1. The van der Waals surface area contributed by atoms with Crippen molar-refractivity contribution in [2.24, 2.45) is 5.73 Å². The molecule has 4 rings (SSSR count). The molecule has 0 spiro atoms. The number of carbonyl (C=O) groups excluding carboxylic acids is 2. The molecule has 2 atom stereocenters. The largest absolute Gasteiger partial charge is 0.497 e. The van der Waals surface area contributed by atoms with Crippen LogP contribution in [0.15, 0.2) is 47.2 Å². The Morgan fingerprint density at radius 1 is 1.39 bits per heavy atom. The Balaban J connectivity index is 1.64. The van der Waals surface area contributed by atoms with E-state index in [1.54, 1.807) is 30.2 Å². The highest BCUT2D eigenvalue weighted by Crippen LogP contribution is 2.40. The fourth-order valence-electron chi connectivity index (χ4n) is 3.63. The topological polar surface area (TPSA) is 113 Å². The molecule has 0 saturated carbocycles. The van der Waals surface area contributed by atoms with Gasteiger partial charge in [-0.15, -0.1) is 11.8 Å². The molecule has 8 nitrogen and oxygen atoms in total. The SMILES string of the molecule is COc1cccc(N2CCC(=CC3=C(C(=O)O)N4C(=O)[C@@H](N)[C@H]4SC3)C2=O)c1. The molecule has 0 aliphatic carbocycles. The highest BCUT2D eigenvalue weighted by atomic mass is 32.2. The minimum absolute atomic E-state index is 0.0735. The standard InChI is InChI=1S/C19H19N3O5S/c1-27-13-4-2-3-12(8-13)21-6-5-10(16(21)23)7-11-9-28-18-14(20)17(24)22(18)15(11)19(25)26/h2-4,7-8,14,18H,5-6,9,20H2,1H3,(H,25,26)/t14-,18-/m1/s1. The molecule has 3 heterocycles. The van der Waals surface area contributed by atoms with Crippen LogP contribution in [-0.4, -0.2) is 58.6 Å². The molecule has 28 heavy (non-hydrogen) atoms. The molecule has 2 fully saturated rings. The van der Waals surface area contributed by atoms with Gasteiger partial charge >= 0.3 is 5.97 Å². The maximum Gasteiger partial charge on any atom is 0.352 e. The van der Waals surface area contributed by atoms with Gasteiger partial charge in [0.25, 0.3) is 5.91 Å². The predicted molar refractivity (Wildman–Crippen MR) is 104 cm³/mol. The lowest BCUT2D eigenvalue weighted by molar-refractivity contribution is -0.147. The molecule has 9 heteroatoms. The Hall–Kier alpha value is -2.78. The number of amides is 2. The van der Waals surface area contributed by atoms with E-state index in [1.807, 2.05) is 12.1 Å². The minimum atomic E-state index is -1.19. The summed E-state index contributed by atoms with van der Waals surface area (Å²) >= 11 is 1.41. The van der Waals surface area contributed by atoms with Crippen LogP contribution in [0.1, 0.15) is 6.42 Å². The quantitative estimate of drug-likeness (QED) is 0.570. The van der Waals surface area contributed by atoms with Gasteiger partial charge in [-0.3, -0.25) is 14.5 Å². The third-order valence-electron chi connectivity index (χ3n) is 5.08. The molecule has 2 amide bonds. The maximum atomic E-state index is 12.9. The Kier molecular flexibility index (Phi) is 4.64. The number of fused-ring (bicyclic) bond motifs is 1. The molecule has 0 aromatic heterocycles. The molecule has 0 radical (unpaired) electrons. The van der Waals surface area contributed by atoms with E-state index < -0.39 is 17.9 Å². The molecular formula is C19H19N3O5S. The molecule has 3 N–H and O–H groups in total. The number of carboxylic acid groups (broad SMARTS) is 1. The summed E-state index contributed by atoms with van der Waals surface area (Å²) in [6.07, 6.45) is 2.11. The number of ether oxygens (including phenoxy) is 1. The third kappa shape index (κ3) is 2.87. The number of anilines is 1. The lowest BCUT2D eigenvalue weighted by Crippen LogP contribution is -2.68. The van der Waals surface area contributed by atoms with Crippen LogP contribution in [0, 0.1) is 0 Å². The number of aliphatic carboxylic acids is 1. The first-order valence-corrected chi connectivity index (χ1v) is 9.80. The number of carbonyl (C=O) groups is 3. The number of methoxy groups -OCH3 is 1. The molecule has 3 aliphatic rings. The normalized spacial score (nSPS) is 25.9. The fourth-order valence-corrected chi connectivity index (χ4v) is 4.89. The van der Waals surface area contributed by atoms with Crippen LogP contribution in [0.25, 0.3) is 0 Å². The van der Waals surface area contributed by atoms with Crippen LogP contribution in [0.2, 0.25) is 0 Å². The smallest absolute Gasteiger partial charge is 0.352 e. The third-order valence-corrected chi connectivity index (χ3v) is 6.40.